The molecule has 0 spiro atoms. The number of amides is 2. The summed E-state index contributed by atoms with van der Waals surface area (Å²) in [6, 6.07) is 13.6. The Morgan fingerprint density at radius 1 is 1.10 bits per heavy atom. The zero-order chi connectivity index (χ0) is 20.4. The molecule has 0 saturated heterocycles. The molecule has 2 aromatic rings. The highest BCUT2D eigenvalue weighted by molar-refractivity contribution is 5.89. The number of carbonyl (C=O) groups excluding carboxylic acids is 2. The molecule has 0 unspecified atom stereocenters. The third kappa shape index (κ3) is 4.65. The number of nitrogens with one attached hydrogen (secondary N) is 1. The fourth-order valence-corrected chi connectivity index (χ4v) is 3.90. The van der Waals surface area contributed by atoms with Crippen LogP contribution in [0.1, 0.15) is 36.0 Å². The minimum Gasteiger partial charge on any atom is -0.352 e. The van der Waals surface area contributed by atoms with Gasteiger partial charge in [-0.05, 0) is 42.0 Å². The van der Waals surface area contributed by atoms with Gasteiger partial charge in [0.1, 0.15) is 11.9 Å². The highest BCUT2D eigenvalue weighted by Crippen LogP contribution is 2.26. The Morgan fingerprint density at radius 3 is 2.52 bits per heavy atom. The second-order valence-corrected chi connectivity index (χ2v) is 8.05. The topological polar surface area (TPSA) is 75.4 Å². The Kier molecular flexibility index (Phi) is 5.62. The number of nitrogens with two attached hydrogens (primary N) is 1. The first-order chi connectivity index (χ1) is 14.0. The van der Waals surface area contributed by atoms with Crippen molar-refractivity contribution in [2.75, 3.05) is 0 Å². The number of hydrogen-bond donors (Lipinski definition) is 2. The van der Waals surface area contributed by atoms with Crippen molar-refractivity contribution in [2.24, 2.45) is 5.73 Å². The molecule has 1 heterocycles. The summed E-state index contributed by atoms with van der Waals surface area (Å²) in [6.45, 7) is 0.393. The zero-order valence-electron chi connectivity index (χ0n) is 16.3. The fourth-order valence-electron chi connectivity index (χ4n) is 3.90. The third-order valence-corrected chi connectivity index (χ3v) is 5.67. The van der Waals surface area contributed by atoms with Gasteiger partial charge in [0.05, 0.1) is 0 Å². The van der Waals surface area contributed by atoms with Gasteiger partial charge in [-0.1, -0.05) is 42.5 Å². The van der Waals surface area contributed by atoms with Gasteiger partial charge in [0.15, 0.2) is 0 Å². The van der Waals surface area contributed by atoms with E-state index in [1.165, 1.54) is 6.07 Å². The van der Waals surface area contributed by atoms with Gasteiger partial charge < -0.3 is 16.0 Å². The quantitative estimate of drug-likeness (QED) is 0.788. The maximum absolute atomic E-state index is 13.9. The monoisotopic (exact) mass is 395 g/mol. The SMILES string of the molecule is N[C@@H](CC(=O)N1Cc2ccccc2C[C@H]1C(=O)NC1CC1)Cc1ccccc1F. The Balaban J connectivity index is 1.47. The molecule has 1 aliphatic carbocycles. The normalized spacial score (nSPS) is 19.4. The van der Waals surface area contributed by atoms with E-state index in [1.54, 1.807) is 23.1 Å². The molecule has 2 aromatic carbocycles. The minimum atomic E-state index is -0.529. The van der Waals surface area contributed by atoms with E-state index in [2.05, 4.69) is 5.32 Å². The van der Waals surface area contributed by atoms with Crippen LogP contribution in [0.3, 0.4) is 0 Å². The molecule has 29 heavy (non-hydrogen) atoms. The van der Waals surface area contributed by atoms with Crippen molar-refractivity contribution in [1.29, 1.82) is 0 Å². The molecule has 3 N–H and O–H groups in total. The fraction of sp³-hybridized carbons (Fsp3) is 0.391. The third-order valence-electron chi connectivity index (χ3n) is 5.67. The van der Waals surface area contributed by atoms with E-state index in [9.17, 15) is 14.0 Å². The van der Waals surface area contributed by atoms with Crippen LogP contribution >= 0.6 is 0 Å². The number of halogens is 1. The predicted octanol–water partition coefficient (Wildman–Crippen LogP) is 2.32. The van der Waals surface area contributed by atoms with Gasteiger partial charge in [-0.15, -0.1) is 0 Å². The molecule has 4 rings (SSSR count). The lowest BCUT2D eigenvalue weighted by Gasteiger charge is -2.36. The molecule has 2 aliphatic rings. The largest absolute Gasteiger partial charge is 0.352 e. The number of nitrogens with zero attached hydrogens (tertiary/aromatic N) is 1. The lowest BCUT2D eigenvalue weighted by Crippen LogP contribution is -2.53. The summed E-state index contributed by atoms with van der Waals surface area (Å²) in [7, 11) is 0. The van der Waals surface area contributed by atoms with Crippen molar-refractivity contribution in [2.45, 2.75) is 56.8 Å². The second-order valence-electron chi connectivity index (χ2n) is 8.05. The van der Waals surface area contributed by atoms with Crippen LogP contribution in [-0.2, 0) is 29.0 Å². The summed E-state index contributed by atoms with van der Waals surface area (Å²) < 4.78 is 13.9. The Hall–Kier alpha value is -2.73. The van der Waals surface area contributed by atoms with Crippen LogP contribution < -0.4 is 11.1 Å². The zero-order valence-corrected chi connectivity index (χ0v) is 16.3. The van der Waals surface area contributed by atoms with Gasteiger partial charge in [0.25, 0.3) is 0 Å². The van der Waals surface area contributed by atoms with E-state index < -0.39 is 12.1 Å². The van der Waals surface area contributed by atoms with Crippen LogP contribution in [0.4, 0.5) is 4.39 Å². The van der Waals surface area contributed by atoms with Crippen LogP contribution in [0.2, 0.25) is 0 Å². The van der Waals surface area contributed by atoms with E-state index in [0.29, 0.717) is 18.5 Å². The standard InChI is InChI=1S/C23H26FN3O2/c24-20-8-4-3-6-16(20)11-18(25)13-22(28)27-14-17-7-2-1-5-15(17)12-21(27)23(29)26-19-9-10-19/h1-8,18-19,21H,9-14,25H2,(H,26,29)/t18-,21+/m1/s1. The van der Waals surface area contributed by atoms with E-state index >= 15 is 0 Å². The number of rotatable bonds is 6. The van der Waals surface area contributed by atoms with E-state index in [1.807, 2.05) is 24.3 Å². The molecule has 1 fully saturated rings. The Bertz CT molecular complexity index is 913. The Labute approximate surface area is 170 Å². The van der Waals surface area contributed by atoms with Crippen LogP contribution in [0.15, 0.2) is 48.5 Å². The van der Waals surface area contributed by atoms with Gasteiger partial charge in [0.2, 0.25) is 11.8 Å². The van der Waals surface area contributed by atoms with Gasteiger partial charge in [-0.3, -0.25) is 9.59 Å². The van der Waals surface area contributed by atoms with Crippen LogP contribution in [0, 0.1) is 5.82 Å². The average molecular weight is 395 g/mol. The van der Waals surface area contributed by atoms with Crippen molar-refractivity contribution >= 4 is 11.8 Å². The maximum Gasteiger partial charge on any atom is 0.243 e. The molecule has 6 heteroatoms. The maximum atomic E-state index is 13.9. The molecule has 0 radical (unpaired) electrons. The smallest absolute Gasteiger partial charge is 0.243 e. The number of hydrogen-bond acceptors (Lipinski definition) is 3. The molecule has 152 valence electrons. The molecule has 0 aromatic heterocycles. The summed E-state index contributed by atoms with van der Waals surface area (Å²) in [5, 5.41) is 3.03. The minimum absolute atomic E-state index is 0.0731. The van der Waals surface area contributed by atoms with Crippen LogP contribution in [-0.4, -0.2) is 34.8 Å². The van der Waals surface area contributed by atoms with Gasteiger partial charge in [-0.25, -0.2) is 4.39 Å². The second kappa shape index (κ2) is 8.33. The summed E-state index contributed by atoms with van der Waals surface area (Å²) >= 11 is 0. The first-order valence-electron chi connectivity index (χ1n) is 10.2. The predicted molar refractivity (Wildman–Crippen MR) is 108 cm³/mol. The molecule has 1 aliphatic heterocycles. The van der Waals surface area contributed by atoms with Gasteiger partial charge in [0, 0.05) is 31.5 Å². The average Bonchev–Trinajstić information content (AvgIpc) is 3.52. The van der Waals surface area contributed by atoms with Crippen LogP contribution in [0.25, 0.3) is 0 Å². The molecule has 0 bridgehead atoms. The molecule has 5 nitrogen and oxygen atoms in total. The number of benzene rings is 2. The van der Waals surface area contributed by atoms with Crippen molar-refractivity contribution in [3.8, 4) is 0 Å². The van der Waals surface area contributed by atoms with Gasteiger partial charge >= 0.3 is 0 Å². The van der Waals surface area contributed by atoms with Crippen molar-refractivity contribution < 1.29 is 14.0 Å². The van der Waals surface area contributed by atoms with E-state index in [0.717, 1.165) is 24.0 Å². The van der Waals surface area contributed by atoms with Crippen molar-refractivity contribution in [3.05, 3.63) is 71.0 Å². The molecule has 1 saturated carbocycles. The molecular formula is C23H26FN3O2. The summed E-state index contributed by atoms with van der Waals surface area (Å²) in [5.41, 5.74) is 8.83. The van der Waals surface area contributed by atoms with Crippen molar-refractivity contribution in [1.82, 2.24) is 10.2 Å². The molecular weight excluding hydrogens is 369 g/mol. The van der Waals surface area contributed by atoms with Crippen LogP contribution in [0.5, 0.6) is 0 Å². The van der Waals surface area contributed by atoms with E-state index in [4.69, 9.17) is 5.73 Å². The summed E-state index contributed by atoms with van der Waals surface area (Å²) in [6.07, 6.45) is 2.85. The van der Waals surface area contributed by atoms with E-state index in [-0.39, 0.29) is 36.5 Å². The van der Waals surface area contributed by atoms with Gasteiger partial charge in [-0.2, -0.15) is 0 Å². The summed E-state index contributed by atoms with van der Waals surface area (Å²) in [4.78, 5) is 27.5. The first kappa shape index (κ1) is 19.6. The van der Waals surface area contributed by atoms with Crippen molar-refractivity contribution in [3.63, 3.8) is 0 Å². The highest BCUT2D eigenvalue weighted by atomic mass is 19.1. The Morgan fingerprint density at radius 2 is 1.79 bits per heavy atom. The highest BCUT2D eigenvalue weighted by Gasteiger charge is 2.37. The number of fused-ring (bicyclic) bond motifs is 1. The first-order valence-corrected chi connectivity index (χ1v) is 10.2. The lowest BCUT2D eigenvalue weighted by atomic mass is 9.92. The number of carbonyl (C=O) groups is 2. The lowest BCUT2D eigenvalue weighted by molar-refractivity contribution is -0.142. The molecule has 2 atom stereocenters. The molecule has 2 amide bonds. The summed E-state index contributed by atoms with van der Waals surface area (Å²) in [5.74, 6) is -0.582.